The number of morpholine rings is 1. The van der Waals surface area contributed by atoms with Gasteiger partial charge >= 0.3 is 0 Å². The van der Waals surface area contributed by atoms with Crippen LogP contribution in [-0.4, -0.2) is 83.3 Å². The number of hydrogen-bond acceptors (Lipinski definition) is 6. The predicted octanol–water partition coefficient (Wildman–Crippen LogP) is 1.31. The Labute approximate surface area is 180 Å². The molecule has 0 unspecified atom stereocenters. The zero-order chi connectivity index (χ0) is 21.8. The number of benzene rings is 1. The number of rotatable bonds is 4. The van der Waals surface area contributed by atoms with E-state index in [-0.39, 0.29) is 36.4 Å². The van der Waals surface area contributed by atoms with E-state index in [9.17, 15) is 14.7 Å². The van der Waals surface area contributed by atoms with Gasteiger partial charge < -0.3 is 24.4 Å². The molecule has 1 aromatic heterocycles. The van der Waals surface area contributed by atoms with Gasteiger partial charge in [-0.05, 0) is 12.1 Å². The molecule has 3 saturated heterocycles. The molecule has 5 rings (SSSR count). The van der Waals surface area contributed by atoms with E-state index in [1.165, 1.54) is 0 Å². The molecule has 0 aliphatic carbocycles. The zero-order valence-electron chi connectivity index (χ0n) is 17.8. The zero-order valence-corrected chi connectivity index (χ0v) is 17.8. The third kappa shape index (κ3) is 3.08. The third-order valence-electron chi connectivity index (χ3n) is 7.06. The lowest BCUT2D eigenvalue weighted by Crippen LogP contribution is -2.55. The minimum Gasteiger partial charge on any atom is -0.496 e. The van der Waals surface area contributed by atoms with Gasteiger partial charge in [0.15, 0.2) is 0 Å². The first-order valence-corrected chi connectivity index (χ1v) is 10.8. The molecule has 1 spiro atoms. The number of carbonyl (C=O) groups is 2. The molecule has 0 radical (unpaired) electrons. The smallest absolute Gasteiger partial charge is 0.272 e. The van der Waals surface area contributed by atoms with Crippen LogP contribution in [0.5, 0.6) is 5.75 Å². The largest absolute Gasteiger partial charge is 0.496 e. The normalized spacial score (nSPS) is 29.3. The molecule has 8 nitrogen and oxygen atoms in total. The molecule has 4 heterocycles. The van der Waals surface area contributed by atoms with Gasteiger partial charge in [0.25, 0.3) is 5.91 Å². The first kappa shape index (κ1) is 20.2. The number of aromatic nitrogens is 1. The van der Waals surface area contributed by atoms with E-state index in [0.717, 1.165) is 5.39 Å². The third-order valence-corrected chi connectivity index (χ3v) is 7.06. The van der Waals surface area contributed by atoms with E-state index in [1.54, 1.807) is 18.1 Å². The molecule has 3 fully saturated rings. The molecular formula is C23H27N3O5. The molecule has 1 N–H and O–H groups in total. The van der Waals surface area contributed by atoms with Gasteiger partial charge in [-0.1, -0.05) is 19.1 Å². The van der Waals surface area contributed by atoms with Crippen molar-refractivity contribution in [1.82, 2.24) is 14.8 Å². The maximum absolute atomic E-state index is 13.4. The summed E-state index contributed by atoms with van der Waals surface area (Å²) >= 11 is 0. The van der Waals surface area contributed by atoms with Gasteiger partial charge in [-0.2, -0.15) is 0 Å². The summed E-state index contributed by atoms with van der Waals surface area (Å²) in [6, 6.07) is 9.23. The molecule has 164 valence electrons. The van der Waals surface area contributed by atoms with Gasteiger partial charge in [-0.25, -0.2) is 4.98 Å². The van der Waals surface area contributed by atoms with Crippen LogP contribution in [-0.2, 0) is 9.53 Å². The lowest BCUT2D eigenvalue weighted by atomic mass is 9.83. The molecule has 4 atom stereocenters. The second kappa shape index (κ2) is 7.46. The summed E-state index contributed by atoms with van der Waals surface area (Å²) in [5.41, 5.74) is 0.392. The summed E-state index contributed by atoms with van der Waals surface area (Å²) in [5, 5.41) is 10.9. The second-order valence-electron chi connectivity index (χ2n) is 8.71. The number of amides is 2. The Morgan fingerprint density at radius 2 is 2.03 bits per heavy atom. The summed E-state index contributed by atoms with van der Waals surface area (Å²) < 4.78 is 11.9. The minimum absolute atomic E-state index is 0.0107. The number of fused-ring (bicyclic) bond motifs is 2. The van der Waals surface area contributed by atoms with Crippen LogP contribution in [0, 0.1) is 11.8 Å². The molecule has 2 amide bonds. The number of ether oxygens (including phenoxy) is 2. The highest BCUT2D eigenvalue weighted by Gasteiger charge is 2.63. The van der Waals surface area contributed by atoms with E-state index >= 15 is 0 Å². The van der Waals surface area contributed by atoms with Crippen molar-refractivity contribution in [2.45, 2.75) is 25.0 Å². The van der Waals surface area contributed by atoms with Crippen LogP contribution in [0.3, 0.4) is 0 Å². The predicted molar refractivity (Wildman–Crippen MR) is 113 cm³/mol. The standard InChI is InChI=1S/C23H27N3O5/c1-3-21(28)25-10-20-15(11-27)16-9-26(13-23(16,12-25)31-20)22(29)18-8-19(30-2)14-6-4-5-7-17(14)24-18/h4-8,15-16,20,27H,3,9-13H2,1-2H3/t15-,16+,20+,23+/m0/s1. The Kier molecular flexibility index (Phi) is 4.86. The number of pyridine rings is 1. The lowest BCUT2D eigenvalue weighted by molar-refractivity contribution is -0.152. The monoisotopic (exact) mass is 425 g/mol. The first-order valence-electron chi connectivity index (χ1n) is 10.8. The van der Waals surface area contributed by atoms with Crippen molar-refractivity contribution in [3.8, 4) is 5.75 Å². The van der Waals surface area contributed by atoms with Crippen molar-refractivity contribution < 1.29 is 24.2 Å². The molecular weight excluding hydrogens is 398 g/mol. The van der Waals surface area contributed by atoms with E-state index < -0.39 is 5.60 Å². The van der Waals surface area contributed by atoms with Crippen molar-refractivity contribution >= 4 is 22.7 Å². The van der Waals surface area contributed by atoms with Gasteiger partial charge in [0.05, 0.1) is 31.8 Å². The SMILES string of the molecule is CCC(=O)N1C[C@H]2O[C@]3(C1)CN(C(=O)c1cc(OC)c4ccccc4n1)C[C@@H]3[C@@H]2CO. The Morgan fingerprint density at radius 3 is 2.77 bits per heavy atom. The Morgan fingerprint density at radius 1 is 1.26 bits per heavy atom. The average molecular weight is 425 g/mol. The molecule has 1 aromatic carbocycles. The van der Waals surface area contributed by atoms with Crippen LogP contribution >= 0.6 is 0 Å². The summed E-state index contributed by atoms with van der Waals surface area (Å²) in [4.78, 5) is 34.0. The number of para-hydroxylation sites is 1. The molecule has 0 saturated carbocycles. The summed E-state index contributed by atoms with van der Waals surface area (Å²) in [7, 11) is 1.58. The Bertz CT molecular complexity index is 1040. The summed E-state index contributed by atoms with van der Waals surface area (Å²) in [6.07, 6.45) is 0.246. The first-order chi connectivity index (χ1) is 15.0. The molecule has 8 heteroatoms. The fourth-order valence-electron chi connectivity index (χ4n) is 5.59. The van der Waals surface area contributed by atoms with Crippen molar-refractivity contribution in [2.75, 3.05) is 39.9 Å². The maximum Gasteiger partial charge on any atom is 0.272 e. The van der Waals surface area contributed by atoms with E-state index in [4.69, 9.17) is 9.47 Å². The number of hydrogen-bond donors (Lipinski definition) is 1. The van der Waals surface area contributed by atoms with Crippen molar-refractivity contribution in [3.63, 3.8) is 0 Å². The molecule has 3 aliphatic heterocycles. The highest BCUT2D eigenvalue weighted by molar-refractivity contribution is 5.97. The number of aliphatic hydroxyl groups is 1. The van der Waals surface area contributed by atoms with Crippen LogP contribution in [0.15, 0.2) is 30.3 Å². The quantitative estimate of drug-likeness (QED) is 0.794. The highest BCUT2D eigenvalue weighted by atomic mass is 16.5. The van der Waals surface area contributed by atoms with Gasteiger partial charge in [0.1, 0.15) is 17.0 Å². The molecule has 31 heavy (non-hydrogen) atoms. The van der Waals surface area contributed by atoms with Crippen molar-refractivity contribution in [3.05, 3.63) is 36.0 Å². The number of carbonyl (C=O) groups excluding carboxylic acids is 2. The minimum atomic E-state index is -0.627. The number of likely N-dealkylation sites (tertiary alicyclic amines) is 2. The van der Waals surface area contributed by atoms with Crippen LogP contribution in [0.4, 0.5) is 0 Å². The number of aliphatic hydroxyl groups excluding tert-OH is 1. The maximum atomic E-state index is 13.4. The Hall–Kier alpha value is -2.71. The molecule has 2 aromatic rings. The summed E-state index contributed by atoms with van der Waals surface area (Å²) in [5.74, 6) is 0.391. The van der Waals surface area contributed by atoms with Crippen LogP contribution < -0.4 is 4.74 Å². The fraction of sp³-hybridized carbons (Fsp3) is 0.522. The van der Waals surface area contributed by atoms with Crippen molar-refractivity contribution in [2.24, 2.45) is 11.8 Å². The van der Waals surface area contributed by atoms with Crippen LogP contribution in [0.1, 0.15) is 23.8 Å². The van der Waals surface area contributed by atoms with Crippen LogP contribution in [0.25, 0.3) is 10.9 Å². The van der Waals surface area contributed by atoms with Crippen molar-refractivity contribution in [1.29, 1.82) is 0 Å². The van der Waals surface area contributed by atoms with Gasteiger partial charge in [-0.15, -0.1) is 0 Å². The second-order valence-corrected chi connectivity index (χ2v) is 8.71. The molecule has 3 aliphatic rings. The average Bonchev–Trinajstić information content (AvgIpc) is 3.24. The lowest BCUT2D eigenvalue weighted by Gasteiger charge is -2.40. The number of nitrogens with zero attached hydrogens (tertiary/aromatic N) is 3. The van der Waals surface area contributed by atoms with Crippen LogP contribution in [0.2, 0.25) is 0 Å². The summed E-state index contributed by atoms with van der Waals surface area (Å²) in [6.45, 7) is 3.65. The topological polar surface area (TPSA) is 92.2 Å². The van der Waals surface area contributed by atoms with E-state index in [1.807, 2.05) is 36.1 Å². The molecule has 2 bridgehead atoms. The van der Waals surface area contributed by atoms with Gasteiger partial charge in [-0.3, -0.25) is 9.59 Å². The fourth-order valence-corrected chi connectivity index (χ4v) is 5.59. The van der Waals surface area contributed by atoms with E-state index in [0.29, 0.717) is 49.6 Å². The van der Waals surface area contributed by atoms with Gasteiger partial charge in [0.2, 0.25) is 5.91 Å². The van der Waals surface area contributed by atoms with E-state index in [2.05, 4.69) is 4.98 Å². The highest BCUT2D eigenvalue weighted by Crippen LogP contribution is 2.49. The number of methoxy groups -OCH3 is 1. The van der Waals surface area contributed by atoms with Gasteiger partial charge in [0, 0.05) is 49.4 Å². The Balaban J connectivity index is 1.45.